The standard InChI is InChI=1S/C13H20N2O3S.ClH/c1-11(16)12-6-4-7-13(10-12)19(17,18)14-8-5-9-15(2)3;/h4,6-7,10,14H,5,8-9H2,1-3H3;1H. The molecule has 0 radical (unpaired) electrons. The molecule has 0 aliphatic rings. The number of hydrogen-bond acceptors (Lipinski definition) is 4. The van der Waals surface area contributed by atoms with E-state index in [4.69, 9.17) is 0 Å². The summed E-state index contributed by atoms with van der Waals surface area (Å²) in [6.07, 6.45) is 0.735. The first-order chi connectivity index (χ1) is 8.83. The Morgan fingerprint density at radius 2 is 1.95 bits per heavy atom. The third-order valence-electron chi connectivity index (χ3n) is 2.63. The van der Waals surface area contributed by atoms with Gasteiger partial charge in [0.1, 0.15) is 0 Å². The van der Waals surface area contributed by atoms with Crippen LogP contribution in [0, 0.1) is 0 Å². The summed E-state index contributed by atoms with van der Waals surface area (Å²) in [6.45, 7) is 2.61. The van der Waals surface area contributed by atoms with Gasteiger partial charge < -0.3 is 4.90 Å². The van der Waals surface area contributed by atoms with Crippen molar-refractivity contribution in [1.29, 1.82) is 0 Å². The van der Waals surface area contributed by atoms with Crippen LogP contribution in [0.5, 0.6) is 0 Å². The number of nitrogens with zero attached hydrogens (tertiary/aromatic N) is 1. The van der Waals surface area contributed by atoms with Crippen molar-refractivity contribution in [3.05, 3.63) is 29.8 Å². The molecule has 0 bridgehead atoms. The number of ketones is 1. The number of rotatable bonds is 7. The van der Waals surface area contributed by atoms with E-state index in [1.807, 2.05) is 19.0 Å². The molecule has 0 amide bonds. The summed E-state index contributed by atoms with van der Waals surface area (Å²) in [4.78, 5) is 13.4. The normalized spacial score (nSPS) is 11.2. The van der Waals surface area contributed by atoms with E-state index in [1.165, 1.54) is 19.1 Å². The van der Waals surface area contributed by atoms with Crippen LogP contribution >= 0.6 is 12.4 Å². The third kappa shape index (κ3) is 6.00. The van der Waals surface area contributed by atoms with Crippen molar-refractivity contribution in [2.75, 3.05) is 27.2 Å². The quantitative estimate of drug-likeness (QED) is 0.611. The van der Waals surface area contributed by atoms with Gasteiger partial charge in [0.15, 0.2) is 5.78 Å². The molecule has 0 aliphatic carbocycles. The van der Waals surface area contributed by atoms with Crippen LogP contribution in [0.25, 0.3) is 0 Å². The Morgan fingerprint density at radius 3 is 2.50 bits per heavy atom. The van der Waals surface area contributed by atoms with E-state index in [0.29, 0.717) is 12.1 Å². The Hall–Kier alpha value is -0.950. The molecule has 0 heterocycles. The van der Waals surface area contributed by atoms with Crippen molar-refractivity contribution in [2.24, 2.45) is 0 Å². The number of nitrogens with one attached hydrogen (secondary N) is 1. The summed E-state index contributed by atoms with van der Waals surface area (Å²) in [7, 11) is 0.336. The van der Waals surface area contributed by atoms with Crippen molar-refractivity contribution < 1.29 is 13.2 Å². The van der Waals surface area contributed by atoms with Crippen molar-refractivity contribution in [2.45, 2.75) is 18.2 Å². The Bertz CT molecular complexity index is 544. The zero-order valence-electron chi connectivity index (χ0n) is 11.9. The first-order valence-electron chi connectivity index (χ1n) is 6.08. The van der Waals surface area contributed by atoms with Gasteiger partial charge in [-0.05, 0) is 46.1 Å². The highest BCUT2D eigenvalue weighted by molar-refractivity contribution is 7.89. The second-order valence-electron chi connectivity index (χ2n) is 4.64. The van der Waals surface area contributed by atoms with Crippen LogP contribution in [0.3, 0.4) is 0 Å². The van der Waals surface area contributed by atoms with E-state index in [2.05, 4.69) is 4.72 Å². The second kappa shape index (κ2) is 8.36. The average molecular weight is 321 g/mol. The number of carbonyl (C=O) groups excluding carboxylic acids is 1. The maximum absolute atomic E-state index is 12.0. The molecule has 5 nitrogen and oxygen atoms in total. The first kappa shape index (κ1) is 19.1. The Balaban J connectivity index is 0.00000361. The molecule has 20 heavy (non-hydrogen) atoms. The molecule has 1 N–H and O–H groups in total. The van der Waals surface area contributed by atoms with Crippen LogP contribution in [-0.2, 0) is 10.0 Å². The monoisotopic (exact) mass is 320 g/mol. The highest BCUT2D eigenvalue weighted by atomic mass is 35.5. The summed E-state index contributed by atoms with van der Waals surface area (Å²) < 4.78 is 26.6. The molecule has 114 valence electrons. The second-order valence-corrected chi connectivity index (χ2v) is 6.41. The molecule has 1 aromatic rings. The van der Waals surface area contributed by atoms with Crippen molar-refractivity contribution in [3.63, 3.8) is 0 Å². The SMILES string of the molecule is CC(=O)c1cccc(S(=O)(=O)NCCCN(C)C)c1.Cl. The Morgan fingerprint density at radius 1 is 1.30 bits per heavy atom. The van der Waals surface area contributed by atoms with Gasteiger partial charge in [0.05, 0.1) is 4.90 Å². The lowest BCUT2D eigenvalue weighted by molar-refractivity contribution is 0.101. The van der Waals surface area contributed by atoms with E-state index < -0.39 is 10.0 Å². The van der Waals surface area contributed by atoms with Gasteiger partial charge in [0.25, 0.3) is 0 Å². The van der Waals surface area contributed by atoms with Crippen LogP contribution in [0.4, 0.5) is 0 Å². The maximum atomic E-state index is 12.0. The summed E-state index contributed by atoms with van der Waals surface area (Å²) in [6, 6.07) is 6.07. The first-order valence-corrected chi connectivity index (χ1v) is 7.56. The molecule has 0 aliphatic heterocycles. The molecule has 0 aromatic heterocycles. The highest BCUT2D eigenvalue weighted by Crippen LogP contribution is 2.11. The van der Waals surface area contributed by atoms with Gasteiger partial charge in [0.2, 0.25) is 10.0 Å². The van der Waals surface area contributed by atoms with Gasteiger partial charge in [-0.25, -0.2) is 13.1 Å². The topological polar surface area (TPSA) is 66.5 Å². The van der Waals surface area contributed by atoms with Crippen LogP contribution < -0.4 is 4.72 Å². The predicted molar refractivity (Wildman–Crippen MR) is 82.1 cm³/mol. The van der Waals surface area contributed by atoms with E-state index in [1.54, 1.807) is 12.1 Å². The van der Waals surface area contributed by atoms with Gasteiger partial charge >= 0.3 is 0 Å². The molecule has 0 atom stereocenters. The summed E-state index contributed by atoms with van der Waals surface area (Å²) >= 11 is 0. The summed E-state index contributed by atoms with van der Waals surface area (Å²) in [5, 5.41) is 0. The van der Waals surface area contributed by atoms with Gasteiger partial charge in [-0.2, -0.15) is 0 Å². The van der Waals surface area contributed by atoms with Gasteiger partial charge in [-0.3, -0.25) is 4.79 Å². The fourth-order valence-electron chi connectivity index (χ4n) is 1.57. The molecular weight excluding hydrogens is 300 g/mol. The number of Topliss-reactive ketones (excluding diaryl/α,β-unsaturated/α-hetero) is 1. The Labute approximate surface area is 126 Å². The minimum absolute atomic E-state index is 0. The Kier molecular flexibility index (Phi) is 7.96. The summed E-state index contributed by atoms with van der Waals surface area (Å²) in [5.41, 5.74) is 0.399. The molecule has 0 saturated carbocycles. The van der Waals surface area contributed by atoms with Crippen molar-refractivity contribution in [3.8, 4) is 0 Å². The van der Waals surface area contributed by atoms with Crippen LogP contribution in [0.15, 0.2) is 29.2 Å². The lowest BCUT2D eigenvalue weighted by Gasteiger charge is -2.10. The maximum Gasteiger partial charge on any atom is 0.240 e. The largest absolute Gasteiger partial charge is 0.309 e. The number of sulfonamides is 1. The smallest absolute Gasteiger partial charge is 0.240 e. The van der Waals surface area contributed by atoms with Crippen LogP contribution in [-0.4, -0.2) is 46.3 Å². The van der Waals surface area contributed by atoms with Crippen molar-refractivity contribution in [1.82, 2.24) is 9.62 Å². The minimum atomic E-state index is -3.53. The van der Waals surface area contributed by atoms with Crippen LogP contribution in [0.1, 0.15) is 23.7 Å². The third-order valence-corrected chi connectivity index (χ3v) is 4.08. The average Bonchev–Trinajstić information content (AvgIpc) is 2.34. The van der Waals surface area contributed by atoms with E-state index >= 15 is 0 Å². The number of benzene rings is 1. The van der Waals surface area contributed by atoms with Gasteiger partial charge in [0, 0.05) is 12.1 Å². The lowest BCUT2D eigenvalue weighted by Crippen LogP contribution is -2.27. The number of halogens is 1. The molecule has 1 aromatic carbocycles. The van der Waals surface area contributed by atoms with Crippen molar-refractivity contribution >= 4 is 28.2 Å². The van der Waals surface area contributed by atoms with E-state index in [-0.39, 0.29) is 23.1 Å². The highest BCUT2D eigenvalue weighted by Gasteiger charge is 2.14. The lowest BCUT2D eigenvalue weighted by atomic mass is 10.2. The molecule has 0 saturated heterocycles. The number of carbonyl (C=O) groups is 1. The summed E-state index contributed by atoms with van der Waals surface area (Å²) in [5.74, 6) is -0.148. The number of hydrogen-bond donors (Lipinski definition) is 1. The van der Waals surface area contributed by atoms with Crippen LogP contribution in [0.2, 0.25) is 0 Å². The molecule has 7 heteroatoms. The fourth-order valence-corrected chi connectivity index (χ4v) is 2.69. The fraction of sp³-hybridized carbons (Fsp3) is 0.462. The zero-order chi connectivity index (χ0) is 14.5. The van der Waals surface area contributed by atoms with Gasteiger partial charge in [-0.15, -0.1) is 12.4 Å². The molecular formula is C13H21ClN2O3S. The molecule has 1 rings (SSSR count). The molecule has 0 spiro atoms. The molecule has 0 unspecified atom stereocenters. The van der Waals surface area contributed by atoms with Gasteiger partial charge in [-0.1, -0.05) is 12.1 Å². The van der Waals surface area contributed by atoms with E-state index in [9.17, 15) is 13.2 Å². The van der Waals surface area contributed by atoms with E-state index in [0.717, 1.165) is 13.0 Å². The predicted octanol–water partition coefficient (Wildman–Crippen LogP) is 1.54. The minimum Gasteiger partial charge on any atom is -0.309 e. The zero-order valence-corrected chi connectivity index (χ0v) is 13.6. The molecule has 0 fully saturated rings.